The number of aliphatic hydroxyl groups is 1. The lowest BCUT2D eigenvalue weighted by molar-refractivity contribution is 0.183. The van der Waals surface area contributed by atoms with Crippen molar-refractivity contribution >= 4 is 9.84 Å². The van der Waals surface area contributed by atoms with Gasteiger partial charge in [-0.2, -0.15) is 0 Å². The Hall–Kier alpha value is -0.870. The van der Waals surface area contributed by atoms with E-state index in [2.05, 4.69) is 0 Å². The van der Waals surface area contributed by atoms with E-state index in [1.165, 1.54) is 0 Å². The summed E-state index contributed by atoms with van der Waals surface area (Å²) in [6.45, 7) is 3.77. The molecule has 2 rings (SSSR count). The van der Waals surface area contributed by atoms with Crippen LogP contribution in [-0.2, 0) is 9.84 Å². The standard InChI is InChI=1S/C13H18O3S/c1-9-3-6-13(10(2)7-9)17(15,16)12-5-4-11(14)8-12/h3,6-7,11-12,14H,4-5,8H2,1-2H3. The van der Waals surface area contributed by atoms with Crippen LogP contribution in [0, 0.1) is 13.8 Å². The van der Waals surface area contributed by atoms with Gasteiger partial charge in [-0.15, -0.1) is 0 Å². The zero-order chi connectivity index (χ0) is 12.6. The Bertz CT molecular complexity index is 519. The van der Waals surface area contributed by atoms with Crippen LogP contribution in [0.4, 0.5) is 0 Å². The first-order valence-corrected chi connectivity index (χ1v) is 7.45. The highest BCUT2D eigenvalue weighted by Crippen LogP contribution is 2.31. The molecule has 1 saturated carbocycles. The summed E-state index contributed by atoms with van der Waals surface area (Å²) in [6, 6.07) is 5.40. The molecule has 0 saturated heterocycles. The van der Waals surface area contributed by atoms with Gasteiger partial charge in [-0.1, -0.05) is 17.7 Å². The fraction of sp³-hybridized carbons (Fsp3) is 0.538. The molecule has 0 aromatic heterocycles. The first-order valence-electron chi connectivity index (χ1n) is 5.90. The van der Waals surface area contributed by atoms with Gasteiger partial charge in [0, 0.05) is 0 Å². The van der Waals surface area contributed by atoms with Crippen molar-refractivity contribution in [3.63, 3.8) is 0 Å². The zero-order valence-electron chi connectivity index (χ0n) is 10.2. The fourth-order valence-corrected chi connectivity index (χ4v) is 4.54. The maximum atomic E-state index is 12.4. The Morgan fingerprint density at radius 2 is 1.94 bits per heavy atom. The van der Waals surface area contributed by atoms with Gasteiger partial charge in [-0.3, -0.25) is 0 Å². The van der Waals surface area contributed by atoms with Gasteiger partial charge in [0.25, 0.3) is 0 Å². The average Bonchev–Trinajstić information content (AvgIpc) is 2.64. The molecule has 2 unspecified atom stereocenters. The fourth-order valence-electron chi connectivity index (χ4n) is 2.50. The topological polar surface area (TPSA) is 54.4 Å². The summed E-state index contributed by atoms with van der Waals surface area (Å²) in [5, 5.41) is 9.04. The van der Waals surface area contributed by atoms with Crippen molar-refractivity contribution in [2.24, 2.45) is 0 Å². The lowest BCUT2D eigenvalue weighted by atomic mass is 10.2. The van der Waals surface area contributed by atoms with Crippen LogP contribution in [0.2, 0.25) is 0 Å². The molecular weight excluding hydrogens is 236 g/mol. The lowest BCUT2D eigenvalue weighted by Crippen LogP contribution is -2.20. The molecule has 1 aromatic rings. The highest BCUT2D eigenvalue weighted by Gasteiger charge is 2.35. The minimum atomic E-state index is -3.28. The summed E-state index contributed by atoms with van der Waals surface area (Å²) >= 11 is 0. The molecule has 3 nitrogen and oxygen atoms in total. The molecule has 0 bridgehead atoms. The molecule has 0 amide bonds. The SMILES string of the molecule is Cc1ccc(S(=O)(=O)C2CCC(O)C2)c(C)c1. The van der Waals surface area contributed by atoms with Gasteiger partial charge in [0.05, 0.1) is 16.2 Å². The minimum absolute atomic E-state index is 0.371. The van der Waals surface area contributed by atoms with Crippen LogP contribution in [0.1, 0.15) is 30.4 Å². The number of hydrogen-bond acceptors (Lipinski definition) is 3. The van der Waals surface area contributed by atoms with E-state index < -0.39 is 21.2 Å². The summed E-state index contributed by atoms with van der Waals surface area (Å²) in [6.07, 6.45) is 1.07. The van der Waals surface area contributed by atoms with Gasteiger partial charge in [0.1, 0.15) is 0 Å². The van der Waals surface area contributed by atoms with E-state index in [4.69, 9.17) is 0 Å². The largest absolute Gasteiger partial charge is 0.393 e. The van der Waals surface area contributed by atoms with Gasteiger partial charge < -0.3 is 5.11 Å². The van der Waals surface area contributed by atoms with Gasteiger partial charge in [0.15, 0.2) is 9.84 Å². The Morgan fingerprint density at radius 3 is 2.47 bits per heavy atom. The van der Waals surface area contributed by atoms with Crippen molar-refractivity contribution < 1.29 is 13.5 Å². The maximum Gasteiger partial charge on any atom is 0.181 e. The van der Waals surface area contributed by atoms with Crippen LogP contribution >= 0.6 is 0 Å². The van der Waals surface area contributed by atoms with Gasteiger partial charge in [0.2, 0.25) is 0 Å². The molecule has 2 atom stereocenters. The first kappa shape index (κ1) is 12.6. The monoisotopic (exact) mass is 254 g/mol. The predicted octanol–water partition coefficient (Wildman–Crippen LogP) is 1.99. The normalized spacial score (nSPS) is 25.1. The van der Waals surface area contributed by atoms with E-state index in [0.717, 1.165) is 11.1 Å². The molecule has 0 heterocycles. The summed E-state index contributed by atoms with van der Waals surface area (Å²) in [5.74, 6) is 0. The number of benzene rings is 1. The molecule has 1 aromatic carbocycles. The van der Waals surface area contributed by atoms with Crippen molar-refractivity contribution in [3.8, 4) is 0 Å². The number of aliphatic hydroxyl groups excluding tert-OH is 1. The third kappa shape index (κ3) is 2.38. The van der Waals surface area contributed by atoms with Crippen molar-refractivity contribution in [1.82, 2.24) is 0 Å². The van der Waals surface area contributed by atoms with Gasteiger partial charge >= 0.3 is 0 Å². The Morgan fingerprint density at radius 1 is 1.24 bits per heavy atom. The molecular formula is C13H18O3S. The third-order valence-corrected chi connectivity index (χ3v) is 5.81. The van der Waals surface area contributed by atoms with Gasteiger partial charge in [-0.25, -0.2) is 8.42 Å². The van der Waals surface area contributed by atoms with Crippen molar-refractivity contribution in [2.45, 2.75) is 49.4 Å². The molecule has 1 aliphatic rings. The van der Waals surface area contributed by atoms with Crippen LogP contribution in [0.5, 0.6) is 0 Å². The third-order valence-electron chi connectivity index (χ3n) is 3.43. The quantitative estimate of drug-likeness (QED) is 0.878. The molecule has 0 spiro atoms. The Kier molecular flexibility index (Phi) is 3.27. The van der Waals surface area contributed by atoms with E-state index in [0.29, 0.717) is 24.2 Å². The van der Waals surface area contributed by atoms with E-state index in [1.807, 2.05) is 26.0 Å². The molecule has 0 radical (unpaired) electrons. The number of sulfone groups is 1. The Labute approximate surface area is 102 Å². The van der Waals surface area contributed by atoms with Gasteiger partial charge in [-0.05, 0) is 44.7 Å². The number of aryl methyl sites for hydroxylation is 2. The highest BCUT2D eigenvalue weighted by molar-refractivity contribution is 7.92. The summed E-state index contributed by atoms with van der Waals surface area (Å²) in [5.41, 5.74) is 1.86. The molecule has 0 aliphatic heterocycles. The molecule has 94 valence electrons. The summed E-state index contributed by atoms with van der Waals surface area (Å²) in [4.78, 5) is 0.419. The van der Waals surface area contributed by atoms with Crippen LogP contribution < -0.4 is 0 Å². The summed E-state index contributed by atoms with van der Waals surface area (Å²) in [7, 11) is -3.28. The maximum absolute atomic E-state index is 12.4. The predicted molar refractivity (Wildman–Crippen MR) is 66.7 cm³/mol. The van der Waals surface area contributed by atoms with E-state index >= 15 is 0 Å². The van der Waals surface area contributed by atoms with Crippen molar-refractivity contribution in [2.75, 3.05) is 0 Å². The Balaban J connectivity index is 2.38. The van der Waals surface area contributed by atoms with Crippen LogP contribution in [0.15, 0.2) is 23.1 Å². The van der Waals surface area contributed by atoms with E-state index in [-0.39, 0.29) is 0 Å². The smallest absolute Gasteiger partial charge is 0.181 e. The van der Waals surface area contributed by atoms with Crippen LogP contribution in [0.25, 0.3) is 0 Å². The van der Waals surface area contributed by atoms with Crippen LogP contribution in [0.3, 0.4) is 0 Å². The first-order chi connectivity index (χ1) is 7.91. The average molecular weight is 254 g/mol. The second-order valence-corrected chi connectivity index (χ2v) is 7.10. The van der Waals surface area contributed by atoms with Crippen LogP contribution in [-0.4, -0.2) is 24.9 Å². The zero-order valence-corrected chi connectivity index (χ0v) is 11.0. The van der Waals surface area contributed by atoms with Crippen molar-refractivity contribution in [3.05, 3.63) is 29.3 Å². The molecule has 1 fully saturated rings. The second-order valence-electron chi connectivity index (χ2n) is 4.90. The lowest BCUT2D eigenvalue weighted by Gasteiger charge is -2.13. The second kappa shape index (κ2) is 4.42. The molecule has 1 N–H and O–H groups in total. The molecule has 1 aliphatic carbocycles. The summed E-state index contributed by atoms with van der Waals surface area (Å²) < 4.78 is 24.8. The number of rotatable bonds is 2. The van der Waals surface area contributed by atoms with E-state index in [9.17, 15) is 13.5 Å². The molecule has 4 heteroatoms. The van der Waals surface area contributed by atoms with E-state index in [1.54, 1.807) is 6.07 Å². The van der Waals surface area contributed by atoms with Crippen molar-refractivity contribution in [1.29, 1.82) is 0 Å². The molecule has 17 heavy (non-hydrogen) atoms. The highest BCUT2D eigenvalue weighted by atomic mass is 32.2. The minimum Gasteiger partial charge on any atom is -0.393 e. The number of hydrogen-bond donors (Lipinski definition) is 1.